The molecule has 100 valence electrons. The van der Waals surface area contributed by atoms with E-state index in [4.69, 9.17) is 23.2 Å². The van der Waals surface area contributed by atoms with Crippen molar-refractivity contribution in [3.63, 3.8) is 0 Å². The van der Waals surface area contributed by atoms with E-state index in [9.17, 15) is 0 Å². The summed E-state index contributed by atoms with van der Waals surface area (Å²) >= 11 is 11.9. The fourth-order valence-corrected chi connectivity index (χ4v) is 2.35. The minimum atomic E-state index is 0.501. The largest absolute Gasteiger partial charge is 0.355 e. The van der Waals surface area contributed by atoms with Gasteiger partial charge in [-0.25, -0.2) is 4.98 Å². The van der Waals surface area contributed by atoms with E-state index in [0.717, 1.165) is 34.2 Å². The summed E-state index contributed by atoms with van der Waals surface area (Å²) in [4.78, 5) is 6.63. The van der Waals surface area contributed by atoms with Crippen molar-refractivity contribution in [3.8, 4) is 0 Å². The fourth-order valence-electron chi connectivity index (χ4n) is 1.98. The fraction of sp³-hybridized carbons (Fsp3) is 0.267. The van der Waals surface area contributed by atoms with E-state index in [-0.39, 0.29) is 0 Å². The van der Waals surface area contributed by atoms with Crippen molar-refractivity contribution in [2.75, 3.05) is 11.9 Å². The van der Waals surface area contributed by atoms with Crippen molar-refractivity contribution in [1.82, 2.24) is 4.98 Å². The number of alkyl halides is 1. The van der Waals surface area contributed by atoms with Gasteiger partial charge in [-0.1, -0.05) is 23.7 Å². The minimum Gasteiger partial charge on any atom is -0.355 e. The van der Waals surface area contributed by atoms with E-state index in [0.29, 0.717) is 5.88 Å². The topological polar surface area (TPSA) is 16.1 Å². The molecule has 1 aromatic heterocycles. The van der Waals surface area contributed by atoms with Crippen molar-refractivity contribution >= 4 is 29.0 Å². The molecule has 0 amide bonds. The average Bonchev–Trinajstić information content (AvgIpc) is 2.38. The lowest BCUT2D eigenvalue weighted by Gasteiger charge is -2.19. The summed E-state index contributed by atoms with van der Waals surface area (Å²) in [6.07, 6.45) is 0. The molecule has 0 unspecified atom stereocenters. The molecule has 2 rings (SSSR count). The van der Waals surface area contributed by atoms with Gasteiger partial charge in [0, 0.05) is 30.2 Å². The van der Waals surface area contributed by atoms with Crippen molar-refractivity contribution in [1.29, 1.82) is 0 Å². The van der Waals surface area contributed by atoms with Crippen molar-refractivity contribution < 1.29 is 0 Å². The summed E-state index contributed by atoms with van der Waals surface area (Å²) < 4.78 is 0. The van der Waals surface area contributed by atoms with Crippen molar-refractivity contribution in [2.45, 2.75) is 19.3 Å². The van der Waals surface area contributed by atoms with E-state index >= 15 is 0 Å². The van der Waals surface area contributed by atoms with Crippen LogP contribution in [0, 0.1) is 6.92 Å². The summed E-state index contributed by atoms with van der Waals surface area (Å²) in [5.74, 6) is 1.43. The molecule has 0 N–H and O–H groups in total. The van der Waals surface area contributed by atoms with E-state index in [1.54, 1.807) is 0 Å². The Morgan fingerprint density at radius 1 is 1.16 bits per heavy atom. The maximum absolute atomic E-state index is 6.00. The second kappa shape index (κ2) is 6.27. The molecule has 0 fully saturated rings. The average molecular weight is 295 g/mol. The standard InChI is InChI=1S/C15H16Cl2N2/c1-11-6-13(9-16)8-15(18-11)19(2)10-12-4-3-5-14(17)7-12/h3-8H,9-10H2,1-2H3. The van der Waals surface area contributed by atoms with Crippen LogP contribution >= 0.6 is 23.2 Å². The summed E-state index contributed by atoms with van der Waals surface area (Å²) in [7, 11) is 2.01. The van der Waals surface area contributed by atoms with Gasteiger partial charge in [-0.05, 0) is 42.3 Å². The molecule has 2 nitrogen and oxygen atoms in total. The molecule has 1 aromatic carbocycles. The Kier molecular flexibility index (Phi) is 4.67. The Morgan fingerprint density at radius 2 is 1.95 bits per heavy atom. The Labute approximate surface area is 124 Å². The smallest absolute Gasteiger partial charge is 0.129 e. The molecule has 4 heteroatoms. The highest BCUT2D eigenvalue weighted by atomic mass is 35.5. The van der Waals surface area contributed by atoms with Gasteiger partial charge in [-0.3, -0.25) is 0 Å². The monoisotopic (exact) mass is 294 g/mol. The second-order valence-electron chi connectivity index (χ2n) is 4.59. The quantitative estimate of drug-likeness (QED) is 0.776. The van der Waals surface area contributed by atoms with Gasteiger partial charge >= 0.3 is 0 Å². The van der Waals surface area contributed by atoms with E-state index in [2.05, 4.69) is 16.0 Å². The van der Waals surface area contributed by atoms with Gasteiger partial charge in [-0.2, -0.15) is 0 Å². The Bertz CT molecular complexity index is 570. The first-order valence-corrected chi connectivity index (χ1v) is 6.99. The van der Waals surface area contributed by atoms with Crippen LogP contribution in [0.25, 0.3) is 0 Å². The molecule has 0 aliphatic heterocycles. The van der Waals surface area contributed by atoms with Crippen LogP contribution in [0.1, 0.15) is 16.8 Å². The third-order valence-electron chi connectivity index (χ3n) is 2.85. The zero-order valence-electron chi connectivity index (χ0n) is 11.0. The Hall–Kier alpha value is -1.25. The number of halogens is 2. The summed E-state index contributed by atoms with van der Waals surface area (Å²) in [5, 5.41) is 0.754. The van der Waals surface area contributed by atoms with Crippen LogP contribution in [0.3, 0.4) is 0 Å². The van der Waals surface area contributed by atoms with Crippen LogP contribution in [0.5, 0.6) is 0 Å². The number of nitrogens with zero attached hydrogens (tertiary/aromatic N) is 2. The zero-order chi connectivity index (χ0) is 13.8. The maximum atomic E-state index is 6.00. The van der Waals surface area contributed by atoms with E-state index in [1.165, 1.54) is 0 Å². The van der Waals surface area contributed by atoms with Gasteiger partial charge in [0.05, 0.1) is 0 Å². The molecule has 19 heavy (non-hydrogen) atoms. The van der Waals surface area contributed by atoms with Crippen LogP contribution in [0.15, 0.2) is 36.4 Å². The van der Waals surface area contributed by atoms with Crippen LogP contribution in [-0.4, -0.2) is 12.0 Å². The molecule has 2 aromatic rings. The number of rotatable bonds is 4. The van der Waals surface area contributed by atoms with Crippen LogP contribution in [0.4, 0.5) is 5.82 Å². The molecule has 1 heterocycles. The normalized spacial score (nSPS) is 10.5. The van der Waals surface area contributed by atoms with Crippen LogP contribution < -0.4 is 4.90 Å². The third-order valence-corrected chi connectivity index (χ3v) is 3.40. The molecule has 0 bridgehead atoms. The number of benzene rings is 1. The highest BCUT2D eigenvalue weighted by Gasteiger charge is 2.06. The maximum Gasteiger partial charge on any atom is 0.129 e. The first-order valence-electron chi connectivity index (χ1n) is 6.07. The molecule has 0 atom stereocenters. The second-order valence-corrected chi connectivity index (χ2v) is 5.30. The minimum absolute atomic E-state index is 0.501. The van der Waals surface area contributed by atoms with E-state index in [1.807, 2.05) is 44.3 Å². The Morgan fingerprint density at radius 3 is 2.63 bits per heavy atom. The highest BCUT2D eigenvalue weighted by Crippen LogP contribution is 2.18. The van der Waals surface area contributed by atoms with Crippen molar-refractivity contribution in [2.24, 2.45) is 0 Å². The molecular weight excluding hydrogens is 279 g/mol. The summed E-state index contributed by atoms with van der Waals surface area (Å²) in [5.41, 5.74) is 3.22. The van der Waals surface area contributed by atoms with Gasteiger partial charge in [0.25, 0.3) is 0 Å². The van der Waals surface area contributed by atoms with Gasteiger partial charge < -0.3 is 4.90 Å². The highest BCUT2D eigenvalue weighted by molar-refractivity contribution is 6.30. The first kappa shape index (κ1) is 14.2. The van der Waals surface area contributed by atoms with Gasteiger partial charge in [0.2, 0.25) is 0 Å². The number of aromatic nitrogens is 1. The SMILES string of the molecule is Cc1cc(CCl)cc(N(C)Cc2cccc(Cl)c2)n1. The predicted octanol–water partition coefficient (Wildman–Crippen LogP) is 4.42. The number of hydrogen-bond acceptors (Lipinski definition) is 2. The molecule has 0 aliphatic carbocycles. The number of pyridine rings is 1. The molecule has 0 radical (unpaired) electrons. The summed E-state index contributed by atoms with van der Waals surface area (Å²) in [6, 6.07) is 11.9. The summed E-state index contributed by atoms with van der Waals surface area (Å²) in [6.45, 7) is 2.74. The molecule has 0 spiro atoms. The Balaban J connectivity index is 2.20. The van der Waals surface area contributed by atoms with E-state index < -0.39 is 0 Å². The lowest BCUT2D eigenvalue weighted by molar-refractivity contribution is 0.890. The van der Waals surface area contributed by atoms with Gasteiger partial charge in [-0.15, -0.1) is 11.6 Å². The molecule has 0 saturated carbocycles. The van der Waals surface area contributed by atoms with Gasteiger partial charge in [0.15, 0.2) is 0 Å². The first-order chi connectivity index (χ1) is 9.08. The zero-order valence-corrected chi connectivity index (χ0v) is 12.5. The lowest BCUT2D eigenvalue weighted by Crippen LogP contribution is -2.18. The molecule has 0 aliphatic rings. The van der Waals surface area contributed by atoms with Crippen molar-refractivity contribution in [3.05, 3.63) is 58.2 Å². The number of anilines is 1. The molecular formula is C15H16Cl2N2. The molecule has 0 saturated heterocycles. The number of aryl methyl sites for hydroxylation is 1. The predicted molar refractivity (Wildman–Crippen MR) is 82.1 cm³/mol. The lowest BCUT2D eigenvalue weighted by atomic mass is 10.2. The van der Waals surface area contributed by atoms with Crippen LogP contribution in [-0.2, 0) is 12.4 Å². The van der Waals surface area contributed by atoms with Crippen LogP contribution in [0.2, 0.25) is 5.02 Å². The van der Waals surface area contributed by atoms with Gasteiger partial charge in [0.1, 0.15) is 5.82 Å². The third kappa shape index (κ3) is 3.85. The number of hydrogen-bond donors (Lipinski definition) is 0.